The molecule has 13 heteroatoms. The molecule has 0 radical (unpaired) electrons. The van der Waals surface area contributed by atoms with Crippen molar-refractivity contribution in [2.45, 2.75) is 154 Å². The van der Waals surface area contributed by atoms with E-state index in [0.717, 1.165) is 77.0 Å². The van der Waals surface area contributed by atoms with Gasteiger partial charge in [-0.15, -0.1) is 0 Å². The summed E-state index contributed by atoms with van der Waals surface area (Å²) in [5, 5.41) is 18.7. The molecule has 1 unspecified atom stereocenters. The highest BCUT2D eigenvalue weighted by Gasteiger charge is 2.28. The van der Waals surface area contributed by atoms with E-state index in [1.165, 1.54) is 12.8 Å². The maximum atomic E-state index is 12.5. The second-order valence-electron chi connectivity index (χ2n) is 12.9. The first-order valence-electron chi connectivity index (χ1n) is 19.4. The van der Waals surface area contributed by atoms with E-state index in [1.54, 1.807) is 0 Å². The number of carbonyl (C=O) groups is 3. The molecule has 0 aliphatic carbocycles. The maximum absolute atomic E-state index is 12.5. The number of esters is 2. The van der Waals surface area contributed by atoms with Crippen LogP contribution in [-0.2, 0) is 37.5 Å². The number of allylic oxidation sites excluding steroid dienone is 9. The number of hydrogen-bond donors (Lipinski definition) is 4. The van der Waals surface area contributed by atoms with Crippen molar-refractivity contribution >= 4 is 25.7 Å². The number of hydrogen-bond acceptors (Lipinski definition) is 10. The van der Waals surface area contributed by atoms with E-state index < -0.39 is 63.8 Å². The minimum Gasteiger partial charge on any atom is -0.480 e. The molecule has 5 N–H and O–H groups in total. The third-order valence-corrected chi connectivity index (χ3v) is 8.79. The van der Waals surface area contributed by atoms with Crippen molar-refractivity contribution in [3.05, 3.63) is 60.8 Å². The van der Waals surface area contributed by atoms with Gasteiger partial charge in [0.1, 0.15) is 12.6 Å². The van der Waals surface area contributed by atoms with E-state index in [1.807, 2.05) is 42.5 Å². The highest BCUT2D eigenvalue weighted by atomic mass is 31.2. The minimum atomic E-state index is -4.74. The fraction of sp³-hybridized carbons (Fsp3) is 0.675. The van der Waals surface area contributed by atoms with Crippen LogP contribution >= 0.6 is 7.82 Å². The molecule has 0 fully saturated rings. The molecule has 0 aliphatic heterocycles. The Balaban J connectivity index is 4.57. The van der Waals surface area contributed by atoms with Crippen LogP contribution in [0, 0.1) is 0 Å². The molecule has 0 heterocycles. The zero-order valence-electron chi connectivity index (χ0n) is 32.2. The molecule has 4 atom stereocenters. The van der Waals surface area contributed by atoms with E-state index in [-0.39, 0.29) is 12.8 Å². The lowest BCUT2D eigenvalue weighted by Gasteiger charge is -2.20. The van der Waals surface area contributed by atoms with Gasteiger partial charge in [0.25, 0.3) is 0 Å². The number of carbonyl (C=O) groups excluding carboxylic acids is 2. The Labute approximate surface area is 318 Å². The molecular formula is C40H68NO11P. The number of aliphatic carboxylic acids is 1. The second kappa shape index (κ2) is 34.9. The van der Waals surface area contributed by atoms with Crippen LogP contribution in [0.15, 0.2) is 60.8 Å². The van der Waals surface area contributed by atoms with Crippen LogP contribution in [0.25, 0.3) is 0 Å². The Morgan fingerprint density at radius 3 is 1.98 bits per heavy atom. The van der Waals surface area contributed by atoms with E-state index in [2.05, 4.69) is 36.6 Å². The van der Waals surface area contributed by atoms with E-state index in [9.17, 15) is 28.9 Å². The first-order chi connectivity index (χ1) is 25.5. The van der Waals surface area contributed by atoms with Gasteiger partial charge in [-0.1, -0.05) is 126 Å². The molecule has 0 saturated carbocycles. The summed E-state index contributed by atoms with van der Waals surface area (Å²) in [6.07, 6.45) is 34.9. The van der Waals surface area contributed by atoms with Crippen molar-refractivity contribution < 1.29 is 52.6 Å². The molecule has 0 aromatic rings. The van der Waals surface area contributed by atoms with Crippen molar-refractivity contribution in [3.8, 4) is 0 Å². The molecule has 0 aromatic carbocycles. The second-order valence-corrected chi connectivity index (χ2v) is 14.4. The van der Waals surface area contributed by atoms with Crippen LogP contribution in [0.5, 0.6) is 0 Å². The molecule has 0 aliphatic rings. The van der Waals surface area contributed by atoms with Gasteiger partial charge in [-0.2, -0.15) is 0 Å². The summed E-state index contributed by atoms with van der Waals surface area (Å²) in [4.78, 5) is 45.7. The van der Waals surface area contributed by atoms with E-state index in [4.69, 9.17) is 24.8 Å². The summed E-state index contributed by atoms with van der Waals surface area (Å²) < 4.78 is 32.4. The van der Waals surface area contributed by atoms with Gasteiger partial charge in [-0.25, -0.2) is 4.57 Å². The molecule has 0 aromatic heterocycles. The molecule has 0 rings (SSSR count). The number of nitrogens with two attached hydrogens (primary N) is 1. The lowest BCUT2D eigenvalue weighted by Crippen LogP contribution is -2.34. The Morgan fingerprint density at radius 1 is 0.679 bits per heavy atom. The topological polar surface area (TPSA) is 192 Å². The van der Waals surface area contributed by atoms with Crippen molar-refractivity contribution in [1.29, 1.82) is 0 Å². The summed E-state index contributed by atoms with van der Waals surface area (Å²) in [6, 6.07) is -1.54. The largest absolute Gasteiger partial charge is 0.480 e. The number of carboxylic acids is 1. The van der Waals surface area contributed by atoms with Gasteiger partial charge >= 0.3 is 25.7 Å². The average Bonchev–Trinajstić information content (AvgIpc) is 3.12. The zero-order chi connectivity index (χ0) is 39.4. The summed E-state index contributed by atoms with van der Waals surface area (Å²) >= 11 is 0. The van der Waals surface area contributed by atoms with Gasteiger partial charge in [0.2, 0.25) is 0 Å². The van der Waals surface area contributed by atoms with Crippen molar-refractivity contribution in [3.63, 3.8) is 0 Å². The number of aliphatic hydroxyl groups is 1. The Morgan fingerprint density at radius 2 is 1.26 bits per heavy atom. The van der Waals surface area contributed by atoms with Gasteiger partial charge < -0.3 is 30.3 Å². The summed E-state index contributed by atoms with van der Waals surface area (Å²) in [5.74, 6) is -2.51. The van der Waals surface area contributed by atoms with Gasteiger partial charge in [-0.3, -0.25) is 23.4 Å². The summed E-state index contributed by atoms with van der Waals surface area (Å²) in [7, 11) is -4.74. The molecule has 0 bridgehead atoms. The standard InChI is InChI=1S/C40H68NO11P/c1-3-5-7-8-9-10-12-17-20-23-27-31-39(44)52-36(33-50-53(47,48)51-34-37(41)40(45)46)32-49-38(43)30-26-22-19-16-14-11-13-15-18-21-25-29-35(42)28-24-6-4-2/h8-9,11,13,16,18-19,21,25,29,35-37,42H,3-7,10,12,14-15,17,20,22-24,26-28,30-34,41H2,1-2H3,(H,45,46)(H,47,48)/b9-8-,13-11-,19-16-,21-18-,29-25+/t35-,36-,37+/m1/s1. The van der Waals surface area contributed by atoms with Gasteiger partial charge in [0.15, 0.2) is 6.10 Å². The van der Waals surface area contributed by atoms with Crippen LogP contribution in [0.3, 0.4) is 0 Å². The third-order valence-electron chi connectivity index (χ3n) is 7.84. The number of aliphatic hydroxyl groups excluding tert-OH is 1. The van der Waals surface area contributed by atoms with Gasteiger partial charge in [0.05, 0.1) is 19.3 Å². The monoisotopic (exact) mass is 769 g/mol. The number of phosphoric ester groups is 1. The van der Waals surface area contributed by atoms with Crippen LogP contribution in [0.1, 0.15) is 136 Å². The molecule has 304 valence electrons. The lowest BCUT2D eigenvalue weighted by atomic mass is 10.1. The third kappa shape index (κ3) is 34.6. The fourth-order valence-corrected chi connectivity index (χ4v) is 5.45. The van der Waals surface area contributed by atoms with Crippen molar-refractivity contribution in [2.24, 2.45) is 5.73 Å². The predicted octanol–water partition coefficient (Wildman–Crippen LogP) is 8.58. The van der Waals surface area contributed by atoms with E-state index >= 15 is 0 Å². The number of rotatable bonds is 35. The molecular weight excluding hydrogens is 701 g/mol. The number of phosphoric acid groups is 1. The molecule has 12 nitrogen and oxygen atoms in total. The lowest BCUT2D eigenvalue weighted by molar-refractivity contribution is -0.161. The highest BCUT2D eigenvalue weighted by Crippen LogP contribution is 2.43. The first-order valence-corrected chi connectivity index (χ1v) is 20.9. The highest BCUT2D eigenvalue weighted by molar-refractivity contribution is 7.47. The fourth-order valence-electron chi connectivity index (χ4n) is 4.68. The quantitative estimate of drug-likeness (QED) is 0.0158. The smallest absolute Gasteiger partial charge is 0.472 e. The molecule has 0 amide bonds. The van der Waals surface area contributed by atoms with Gasteiger partial charge in [-0.05, 0) is 57.8 Å². The van der Waals surface area contributed by atoms with Crippen molar-refractivity contribution in [1.82, 2.24) is 0 Å². The SMILES string of the molecule is CCCC/C=C\CCCCCCCC(=O)O[C@H](COC(=O)CCC/C=C\C/C=C\C/C=C\C=C\[C@H](O)CCCCC)COP(=O)(O)OC[C@H](N)C(=O)O. The number of ether oxygens (including phenoxy) is 2. The van der Waals surface area contributed by atoms with Crippen molar-refractivity contribution in [2.75, 3.05) is 19.8 Å². The number of carboxylic acid groups (broad SMARTS) is 1. The molecule has 0 spiro atoms. The van der Waals surface area contributed by atoms with Crippen LogP contribution < -0.4 is 5.73 Å². The predicted molar refractivity (Wildman–Crippen MR) is 209 cm³/mol. The normalized spacial score (nSPS) is 15.1. The maximum Gasteiger partial charge on any atom is 0.472 e. The molecule has 0 saturated heterocycles. The van der Waals surface area contributed by atoms with E-state index in [0.29, 0.717) is 19.3 Å². The minimum absolute atomic E-state index is 0.122. The average molecular weight is 770 g/mol. The Kier molecular flexibility index (Phi) is 33.0. The Bertz CT molecular complexity index is 1150. The molecule has 53 heavy (non-hydrogen) atoms. The summed E-state index contributed by atoms with van der Waals surface area (Å²) in [5.41, 5.74) is 5.31. The van der Waals surface area contributed by atoms with Gasteiger partial charge in [0, 0.05) is 12.8 Å². The summed E-state index contributed by atoms with van der Waals surface area (Å²) in [6.45, 7) is 2.53. The number of unbranched alkanes of at least 4 members (excludes halogenated alkanes) is 10. The van der Waals surface area contributed by atoms with Crippen LogP contribution in [-0.4, -0.2) is 71.1 Å². The Hall–Kier alpha value is -2.86. The zero-order valence-corrected chi connectivity index (χ0v) is 33.1. The van der Waals surface area contributed by atoms with Crippen LogP contribution in [0.4, 0.5) is 0 Å². The first kappa shape index (κ1) is 50.1. The van der Waals surface area contributed by atoms with Crippen LogP contribution in [0.2, 0.25) is 0 Å².